The molecule has 0 aliphatic rings. The van der Waals surface area contributed by atoms with Crippen LogP contribution in [-0.2, 0) is 25.7 Å². The first kappa shape index (κ1) is 27.5. The van der Waals surface area contributed by atoms with Crippen LogP contribution in [0, 0.1) is 6.92 Å². The number of hydrogen-bond acceptors (Lipinski definition) is 3. The van der Waals surface area contributed by atoms with Gasteiger partial charge in [0.2, 0.25) is 0 Å². The summed E-state index contributed by atoms with van der Waals surface area (Å²) in [4.78, 5) is 0. The molecule has 3 nitrogen and oxygen atoms in total. The highest BCUT2D eigenvalue weighted by Gasteiger charge is 2.04. The first-order chi connectivity index (χ1) is 18.9. The van der Waals surface area contributed by atoms with Crippen molar-refractivity contribution < 1.29 is 15.3 Å². The van der Waals surface area contributed by atoms with Gasteiger partial charge in [-0.3, -0.25) is 0 Å². The van der Waals surface area contributed by atoms with Crippen molar-refractivity contribution in [3.05, 3.63) is 160 Å². The lowest BCUT2D eigenvalue weighted by Crippen LogP contribution is -1.92. The highest BCUT2D eigenvalue weighted by Crippen LogP contribution is 2.23. The van der Waals surface area contributed by atoms with Crippen LogP contribution in [0.1, 0.15) is 51.4 Å². The predicted molar refractivity (Wildman–Crippen MR) is 160 cm³/mol. The molecule has 0 amide bonds. The Morgan fingerprint density at radius 1 is 0.462 bits per heavy atom. The molecule has 0 saturated carbocycles. The van der Waals surface area contributed by atoms with Gasteiger partial charge >= 0.3 is 0 Å². The topological polar surface area (TPSA) is 60.7 Å². The Morgan fingerprint density at radius 3 is 1.62 bits per heavy atom. The van der Waals surface area contributed by atoms with Gasteiger partial charge < -0.3 is 15.3 Å². The Morgan fingerprint density at radius 2 is 1.03 bits per heavy atom. The van der Waals surface area contributed by atoms with E-state index >= 15 is 0 Å². The maximum atomic E-state index is 9.98. The molecule has 5 rings (SSSR count). The number of aromatic hydroxyl groups is 3. The zero-order chi connectivity index (χ0) is 27.6. The number of para-hydroxylation sites is 1. The SMILES string of the molecule is CCc1ccc(Cc2ccc(Cc3ccccc3O)cc2)cc1O.Cc1ccc(Cc2cccc(O)c2)cc1. The molecule has 3 N–H and O–H groups in total. The van der Waals surface area contributed by atoms with Crippen LogP contribution in [0.15, 0.2) is 115 Å². The second kappa shape index (κ2) is 13.3. The zero-order valence-electron chi connectivity index (χ0n) is 22.6. The molecule has 39 heavy (non-hydrogen) atoms. The fourth-order valence-electron chi connectivity index (χ4n) is 4.52. The lowest BCUT2D eigenvalue weighted by atomic mass is 9.99. The second-order valence-electron chi connectivity index (χ2n) is 9.95. The Labute approximate surface area is 231 Å². The van der Waals surface area contributed by atoms with Crippen LogP contribution >= 0.6 is 0 Å². The summed E-state index contributed by atoms with van der Waals surface area (Å²) in [5, 5.41) is 29.2. The standard InChI is InChI=1S/C22H22O2.C14H14O/c1-2-19-12-11-18(15-22(19)24)13-16-7-9-17(10-8-16)14-20-5-3-4-6-21(20)23;1-11-5-7-12(8-6-11)9-13-3-2-4-14(15)10-13/h3-12,15,23-24H,2,13-14H2,1H3;2-8,10,15H,9H2,1H3. The van der Waals surface area contributed by atoms with Crippen molar-refractivity contribution in [1.29, 1.82) is 0 Å². The number of benzene rings is 5. The lowest BCUT2D eigenvalue weighted by molar-refractivity contribution is 0.468. The molecule has 0 saturated heterocycles. The molecule has 0 aliphatic heterocycles. The summed E-state index contributed by atoms with van der Waals surface area (Å²) in [6.45, 7) is 4.12. The summed E-state index contributed by atoms with van der Waals surface area (Å²) in [5.74, 6) is 1.05. The van der Waals surface area contributed by atoms with E-state index in [2.05, 4.69) is 61.5 Å². The van der Waals surface area contributed by atoms with Crippen molar-refractivity contribution in [2.24, 2.45) is 0 Å². The quantitative estimate of drug-likeness (QED) is 0.205. The molecule has 0 fully saturated rings. The number of phenols is 3. The van der Waals surface area contributed by atoms with Crippen LogP contribution in [0.2, 0.25) is 0 Å². The maximum Gasteiger partial charge on any atom is 0.119 e. The number of rotatable bonds is 7. The number of hydrogen-bond donors (Lipinski definition) is 3. The Kier molecular flexibility index (Phi) is 9.42. The monoisotopic (exact) mass is 516 g/mol. The summed E-state index contributed by atoms with van der Waals surface area (Å²) in [6, 6.07) is 37.7. The van der Waals surface area contributed by atoms with Gasteiger partial charge in [-0.1, -0.05) is 103 Å². The van der Waals surface area contributed by atoms with Gasteiger partial charge in [0, 0.05) is 6.42 Å². The molecule has 0 bridgehead atoms. The van der Waals surface area contributed by atoms with Crippen molar-refractivity contribution in [1.82, 2.24) is 0 Å². The molecular weight excluding hydrogens is 480 g/mol. The Bertz CT molecular complexity index is 1490. The smallest absolute Gasteiger partial charge is 0.119 e. The lowest BCUT2D eigenvalue weighted by Gasteiger charge is -2.08. The average Bonchev–Trinajstić information content (AvgIpc) is 2.93. The first-order valence-corrected chi connectivity index (χ1v) is 13.4. The van der Waals surface area contributed by atoms with Crippen LogP contribution < -0.4 is 0 Å². The molecule has 0 aliphatic carbocycles. The fourth-order valence-corrected chi connectivity index (χ4v) is 4.52. The molecule has 0 heterocycles. The van der Waals surface area contributed by atoms with E-state index in [1.165, 1.54) is 22.3 Å². The third-order valence-electron chi connectivity index (χ3n) is 6.79. The molecule has 0 aromatic heterocycles. The van der Waals surface area contributed by atoms with E-state index in [1.807, 2.05) is 49.4 Å². The minimum atomic E-state index is 0.333. The van der Waals surface area contributed by atoms with Gasteiger partial charge in [-0.05, 0) is 89.4 Å². The van der Waals surface area contributed by atoms with Crippen LogP contribution in [0.25, 0.3) is 0 Å². The van der Waals surface area contributed by atoms with Crippen molar-refractivity contribution >= 4 is 0 Å². The van der Waals surface area contributed by atoms with Crippen LogP contribution in [-0.4, -0.2) is 15.3 Å². The van der Waals surface area contributed by atoms with E-state index in [9.17, 15) is 15.3 Å². The minimum Gasteiger partial charge on any atom is -0.508 e. The maximum absolute atomic E-state index is 9.98. The summed E-state index contributed by atoms with van der Waals surface area (Å²) in [6.07, 6.45) is 3.23. The van der Waals surface area contributed by atoms with Crippen molar-refractivity contribution in [3.8, 4) is 17.2 Å². The molecule has 198 valence electrons. The fraction of sp³-hybridized carbons (Fsp3) is 0.167. The summed E-state index contributed by atoms with van der Waals surface area (Å²) in [5.41, 5.74) is 9.09. The van der Waals surface area contributed by atoms with Gasteiger partial charge in [0.1, 0.15) is 17.2 Å². The van der Waals surface area contributed by atoms with Gasteiger partial charge in [0.05, 0.1) is 0 Å². The summed E-state index contributed by atoms with van der Waals surface area (Å²) < 4.78 is 0. The molecule has 0 radical (unpaired) electrons. The van der Waals surface area contributed by atoms with Gasteiger partial charge in [-0.15, -0.1) is 0 Å². The van der Waals surface area contributed by atoms with Crippen LogP contribution in [0.5, 0.6) is 17.2 Å². The molecule has 0 atom stereocenters. The first-order valence-electron chi connectivity index (χ1n) is 13.4. The van der Waals surface area contributed by atoms with Gasteiger partial charge in [-0.25, -0.2) is 0 Å². The Balaban J connectivity index is 0.000000202. The van der Waals surface area contributed by atoms with E-state index in [0.29, 0.717) is 17.2 Å². The molecule has 5 aromatic rings. The van der Waals surface area contributed by atoms with Gasteiger partial charge in [0.15, 0.2) is 0 Å². The number of aryl methyl sites for hydroxylation is 2. The van der Waals surface area contributed by atoms with Crippen LogP contribution in [0.3, 0.4) is 0 Å². The van der Waals surface area contributed by atoms with Crippen molar-refractivity contribution in [2.75, 3.05) is 0 Å². The molecule has 0 unspecified atom stereocenters. The zero-order valence-corrected chi connectivity index (χ0v) is 22.6. The normalized spacial score (nSPS) is 10.5. The van der Waals surface area contributed by atoms with E-state index in [1.54, 1.807) is 18.2 Å². The molecule has 5 aromatic carbocycles. The predicted octanol–water partition coefficient (Wildman–Crippen LogP) is 8.13. The van der Waals surface area contributed by atoms with E-state index in [-0.39, 0.29) is 0 Å². The largest absolute Gasteiger partial charge is 0.508 e. The highest BCUT2D eigenvalue weighted by molar-refractivity contribution is 5.40. The minimum absolute atomic E-state index is 0.333. The molecule has 3 heteroatoms. The second-order valence-corrected chi connectivity index (χ2v) is 9.95. The van der Waals surface area contributed by atoms with Crippen LogP contribution in [0.4, 0.5) is 0 Å². The van der Waals surface area contributed by atoms with Crippen molar-refractivity contribution in [3.63, 3.8) is 0 Å². The number of phenolic OH excluding ortho intramolecular Hbond substituents is 3. The third-order valence-corrected chi connectivity index (χ3v) is 6.79. The van der Waals surface area contributed by atoms with E-state index < -0.39 is 0 Å². The van der Waals surface area contributed by atoms with Gasteiger partial charge in [0.25, 0.3) is 0 Å². The van der Waals surface area contributed by atoms with E-state index in [4.69, 9.17) is 0 Å². The summed E-state index contributed by atoms with van der Waals surface area (Å²) in [7, 11) is 0. The summed E-state index contributed by atoms with van der Waals surface area (Å²) >= 11 is 0. The van der Waals surface area contributed by atoms with Gasteiger partial charge in [-0.2, -0.15) is 0 Å². The molecular formula is C36H36O3. The highest BCUT2D eigenvalue weighted by atomic mass is 16.3. The Hall–Kier alpha value is -4.50. The average molecular weight is 517 g/mol. The van der Waals surface area contributed by atoms with E-state index in [0.717, 1.165) is 47.9 Å². The molecule has 0 spiro atoms. The third kappa shape index (κ3) is 8.24. The van der Waals surface area contributed by atoms with Crippen molar-refractivity contribution in [2.45, 2.75) is 39.5 Å².